The number of aromatic nitrogens is 3. The average Bonchev–Trinajstić information content (AvgIpc) is 3.09. The molecular weight excluding hydrogens is 382 g/mol. The Balaban J connectivity index is 1.66. The first-order chi connectivity index (χ1) is 13.1. The molecule has 8 nitrogen and oxygen atoms in total. The zero-order chi connectivity index (χ0) is 20.5. The molecule has 3 rings (SSSR count). The minimum absolute atomic E-state index is 0.206. The first kappa shape index (κ1) is 20.1. The largest absolute Gasteiger partial charge is 0.444 e. The number of hydrogen-bond donors (Lipinski definition) is 1. The van der Waals surface area contributed by atoms with Gasteiger partial charge in [-0.3, -0.25) is 4.79 Å². The van der Waals surface area contributed by atoms with Crippen LogP contribution < -0.4 is 10.9 Å². The van der Waals surface area contributed by atoms with Crippen molar-refractivity contribution >= 4 is 29.2 Å². The minimum Gasteiger partial charge on any atom is -0.444 e. The third-order valence-electron chi connectivity index (χ3n) is 4.39. The molecule has 0 saturated carbocycles. The lowest BCUT2D eigenvalue weighted by Gasteiger charge is -2.24. The van der Waals surface area contributed by atoms with E-state index < -0.39 is 5.60 Å². The fourth-order valence-electron chi connectivity index (χ4n) is 3.05. The van der Waals surface area contributed by atoms with Gasteiger partial charge in [0.15, 0.2) is 5.15 Å². The number of anilines is 2. The monoisotopic (exact) mass is 405 g/mol. The van der Waals surface area contributed by atoms with E-state index >= 15 is 0 Å². The number of pyridine rings is 1. The highest BCUT2D eigenvalue weighted by molar-refractivity contribution is 6.29. The van der Waals surface area contributed by atoms with Crippen molar-refractivity contribution in [1.82, 2.24) is 19.7 Å². The summed E-state index contributed by atoms with van der Waals surface area (Å²) in [4.78, 5) is 30.4. The van der Waals surface area contributed by atoms with Crippen LogP contribution in [-0.4, -0.2) is 44.4 Å². The van der Waals surface area contributed by atoms with Gasteiger partial charge in [0.05, 0.1) is 0 Å². The van der Waals surface area contributed by atoms with E-state index in [1.807, 2.05) is 26.8 Å². The van der Waals surface area contributed by atoms with Crippen LogP contribution in [0.5, 0.6) is 0 Å². The first-order valence-electron chi connectivity index (χ1n) is 9.07. The van der Waals surface area contributed by atoms with Gasteiger partial charge < -0.3 is 15.0 Å². The van der Waals surface area contributed by atoms with Gasteiger partial charge in [-0.1, -0.05) is 17.7 Å². The van der Waals surface area contributed by atoms with Gasteiger partial charge in [0.1, 0.15) is 17.1 Å². The molecule has 28 heavy (non-hydrogen) atoms. The van der Waals surface area contributed by atoms with E-state index in [0.717, 1.165) is 12.0 Å². The number of hydrogen-bond acceptors (Lipinski definition) is 6. The van der Waals surface area contributed by atoms with E-state index in [0.29, 0.717) is 24.6 Å². The molecule has 9 heteroatoms. The van der Waals surface area contributed by atoms with E-state index in [-0.39, 0.29) is 22.7 Å². The molecule has 1 unspecified atom stereocenters. The van der Waals surface area contributed by atoms with Gasteiger partial charge in [-0.2, -0.15) is 5.10 Å². The SMILES string of the molecule is Cn1nc(Cl)cc(Nc2ccc(C3CCN(C(=O)OC(C)(C)C)C3)cn2)c1=O. The summed E-state index contributed by atoms with van der Waals surface area (Å²) in [5.74, 6) is 0.738. The number of amides is 1. The number of nitrogens with zero attached hydrogens (tertiary/aromatic N) is 4. The summed E-state index contributed by atoms with van der Waals surface area (Å²) < 4.78 is 6.61. The molecule has 0 aromatic carbocycles. The Labute approximate surface area is 168 Å². The maximum Gasteiger partial charge on any atom is 0.410 e. The zero-order valence-electron chi connectivity index (χ0n) is 16.4. The fraction of sp³-hybridized carbons (Fsp3) is 0.474. The molecule has 1 N–H and O–H groups in total. The number of carbonyl (C=O) groups excluding carboxylic acids is 1. The molecule has 0 spiro atoms. The van der Waals surface area contributed by atoms with Crippen LogP contribution >= 0.6 is 11.6 Å². The van der Waals surface area contributed by atoms with Crippen LogP contribution in [-0.2, 0) is 11.8 Å². The molecule has 1 aliphatic heterocycles. The van der Waals surface area contributed by atoms with E-state index in [4.69, 9.17) is 16.3 Å². The molecule has 3 heterocycles. The van der Waals surface area contributed by atoms with Crippen molar-refractivity contribution in [1.29, 1.82) is 0 Å². The molecule has 2 aromatic rings. The van der Waals surface area contributed by atoms with E-state index in [1.165, 1.54) is 17.8 Å². The normalized spacial score (nSPS) is 16.9. The van der Waals surface area contributed by atoms with Crippen LogP contribution in [0.1, 0.15) is 38.7 Å². The lowest BCUT2D eigenvalue weighted by atomic mass is 10.0. The predicted molar refractivity (Wildman–Crippen MR) is 107 cm³/mol. The topological polar surface area (TPSA) is 89.3 Å². The number of aryl methyl sites for hydroxylation is 1. The Morgan fingerprint density at radius 1 is 1.36 bits per heavy atom. The molecule has 1 fully saturated rings. The highest BCUT2D eigenvalue weighted by atomic mass is 35.5. The lowest BCUT2D eigenvalue weighted by molar-refractivity contribution is 0.0292. The van der Waals surface area contributed by atoms with Crippen molar-refractivity contribution in [2.75, 3.05) is 18.4 Å². The number of halogens is 1. The standard InChI is InChI=1S/C19H24ClN5O3/c1-19(2,3)28-18(27)25-8-7-13(11-25)12-5-6-16(21-10-12)22-14-9-15(20)23-24(4)17(14)26/h5-6,9-10,13H,7-8,11H2,1-4H3,(H,21,22). The second-order valence-corrected chi connectivity index (χ2v) is 8.21. The van der Waals surface area contributed by atoms with Crippen molar-refractivity contribution in [3.8, 4) is 0 Å². The third kappa shape index (κ3) is 4.81. The van der Waals surface area contributed by atoms with Crippen molar-refractivity contribution in [3.05, 3.63) is 45.5 Å². The summed E-state index contributed by atoms with van der Waals surface area (Å²) in [5, 5.41) is 7.04. The number of likely N-dealkylation sites (tertiary alicyclic amines) is 1. The van der Waals surface area contributed by atoms with Gasteiger partial charge in [-0.05, 0) is 38.8 Å². The number of nitrogens with one attached hydrogen (secondary N) is 1. The summed E-state index contributed by atoms with van der Waals surface area (Å²) >= 11 is 5.91. The third-order valence-corrected chi connectivity index (χ3v) is 4.58. The van der Waals surface area contributed by atoms with Crippen LogP contribution in [0.2, 0.25) is 5.15 Å². The van der Waals surface area contributed by atoms with Crippen molar-refractivity contribution in [2.24, 2.45) is 7.05 Å². The molecule has 1 aliphatic rings. The molecule has 0 aliphatic carbocycles. The van der Waals surface area contributed by atoms with Crippen LogP contribution in [0.3, 0.4) is 0 Å². The van der Waals surface area contributed by atoms with Crippen LogP contribution in [0.4, 0.5) is 16.3 Å². The summed E-state index contributed by atoms with van der Waals surface area (Å²) in [6.07, 6.45) is 2.33. The van der Waals surface area contributed by atoms with Gasteiger partial charge in [0.25, 0.3) is 5.56 Å². The molecule has 2 aromatic heterocycles. The van der Waals surface area contributed by atoms with E-state index in [2.05, 4.69) is 15.4 Å². The Kier molecular flexibility index (Phi) is 5.60. The maximum atomic E-state index is 12.2. The molecule has 0 radical (unpaired) electrons. The number of ether oxygens (including phenoxy) is 1. The summed E-state index contributed by atoms with van der Waals surface area (Å²) in [6.45, 7) is 6.83. The van der Waals surface area contributed by atoms with Crippen LogP contribution in [0.15, 0.2) is 29.2 Å². The smallest absolute Gasteiger partial charge is 0.410 e. The summed E-state index contributed by atoms with van der Waals surface area (Å²) in [7, 11) is 1.53. The highest BCUT2D eigenvalue weighted by Crippen LogP contribution is 2.28. The Morgan fingerprint density at radius 3 is 2.75 bits per heavy atom. The van der Waals surface area contributed by atoms with Crippen molar-refractivity contribution in [3.63, 3.8) is 0 Å². The fourth-order valence-corrected chi connectivity index (χ4v) is 3.27. The molecule has 1 amide bonds. The molecule has 0 bridgehead atoms. The molecular formula is C19H24ClN5O3. The van der Waals surface area contributed by atoms with Crippen LogP contribution in [0.25, 0.3) is 0 Å². The van der Waals surface area contributed by atoms with E-state index in [9.17, 15) is 9.59 Å². The van der Waals surface area contributed by atoms with Crippen LogP contribution in [0, 0.1) is 0 Å². The highest BCUT2D eigenvalue weighted by Gasteiger charge is 2.30. The van der Waals surface area contributed by atoms with Crippen molar-refractivity contribution < 1.29 is 9.53 Å². The average molecular weight is 406 g/mol. The summed E-state index contributed by atoms with van der Waals surface area (Å²) in [6, 6.07) is 5.22. The molecule has 150 valence electrons. The van der Waals surface area contributed by atoms with Gasteiger partial charge in [-0.15, -0.1) is 0 Å². The Morgan fingerprint density at radius 2 is 2.11 bits per heavy atom. The lowest BCUT2D eigenvalue weighted by Crippen LogP contribution is -2.35. The predicted octanol–water partition coefficient (Wildman–Crippen LogP) is 3.30. The molecule has 1 saturated heterocycles. The number of carbonyl (C=O) groups is 1. The maximum absolute atomic E-state index is 12.2. The van der Waals surface area contributed by atoms with Gasteiger partial charge in [0, 0.05) is 38.3 Å². The Bertz CT molecular complexity index is 921. The minimum atomic E-state index is -0.503. The van der Waals surface area contributed by atoms with E-state index in [1.54, 1.807) is 17.2 Å². The second-order valence-electron chi connectivity index (χ2n) is 7.82. The second kappa shape index (κ2) is 7.79. The summed E-state index contributed by atoms with van der Waals surface area (Å²) in [5.41, 5.74) is 0.549. The quantitative estimate of drug-likeness (QED) is 0.842. The first-order valence-corrected chi connectivity index (χ1v) is 9.45. The van der Waals surface area contributed by atoms with Gasteiger partial charge in [-0.25, -0.2) is 14.5 Å². The number of rotatable bonds is 3. The zero-order valence-corrected chi connectivity index (χ0v) is 17.2. The Hall–Kier alpha value is -2.61. The van der Waals surface area contributed by atoms with Gasteiger partial charge in [0.2, 0.25) is 0 Å². The van der Waals surface area contributed by atoms with Crippen molar-refractivity contribution in [2.45, 2.75) is 38.7 Å². The molecule has 1 atom stereocenters. The van der Waals surface area contributed by atoms with Gasteiger partial charge >= 0.3 is 6.09 Å².